The molecule has 3 nitrogen and oxygen atoms in total. The summed E-state index contributed by atoms with van der Waals surface area (Å²) < 4.78 is 5.16. The molecule has 0 bridgehead atoms. The van der Waals surface area contributed by atoms with Crippen LogP contribution in [0.15, 0.2) is 24.3 Å². The Hall–Kier alpha value is -1.51. The van der Waals surface area contributed by atoms with Gasteiger partial charge in [-0.2, -0.15) is 0 Å². The largest absolute Gasteiger partial charge is 0.497 e. The fourth-order valence-electron chi connectivity index (χ4n) is 1.93. The van der Waals surface area contributed by atoms with Crippen molar-refractivity contribution >= 4 is 5.91 Å². The van der Waals surface area contributed by atoms with Crippen LogP contribution in [0.3, 0.4) is 0 Å². The lowest BCUT2D eigenvalue weighted by atomic mass is 9.95. The third-order valence-electron chi connectivity index (χ3n) is 3.50. The fourth-order valence-corrected chi connectivity index (χ4v) is 1.93. The first-order valence-corrected chi connectivity index (χ1v) is 6.93. The second-order valence-corrected chi connectivity index (χ2v) is 5.31. The van der Waals surface area contributed by atoms with Crippen LogP contribution < -0.4 is 10.1 Å². The van der Waals surface area contributed by atoms with Crippen molar-refractivity contribution in [3.05, 3.63) is 29.8 Å². The molecule has 0 saturated heterocycles. The van der Waals surface area contributed by atoms with Gasteiger partial charge in [-0.1, -0.05) is 39.8 Å². The Morgan fingerprint density at radius 1 is 1.21 bits per heavy atom. The van der Waals surface area contributed by atoms with E-state index in [-0.39, 0.29) is 17.9 Å². The highest BCUT2D eigenvalue weighted by Gasteiger charge is 2.20. The molecule has 0 spiro atoms. The summed E-state index contributed by atoms with van der Waals surface area (Å²) in [5, 5.41) is 3.14. The van der Waals surface area contributed by atoms with Gasteiger partial charge in [0.05, 0.1) is 13.2 Å². The zero-order chi connectivity index (χ0) is 14.4. The monoisotopic (exact) mass is 263 g/mol. The summed E-state index contributed by atoms with van der Waals surface area (Å²) in [5.41, 5.74) is 1.12. The number of carbonyl (C=O) groups is 1. The lowest BCUT2D eigenvalue weighted by Gasteiger charge is -2.24. The van der Waals surface area contributed by atoms with Crippen LogP contribution >= 0.6 is 0 Å². The molecule has 0 aliphatic rings. The fraction of sp³-hybridized carbons (Fsp3) is 0.562. The molecule has 3 heteroatoms. The number of nitrogens with one attached hydrogen (secondary N) is 1. The minimum Gasteiger partial charge on any atom is -0.497 e. The summed E-state index contributed by atoms with van der Waals surface area (Å²) in [6, 6.07) is 7.94. The van der Waals surface area contributed by atoms with Crippen LogP contribution in [-0.4, -0.2) is 13.0 Å². The van der Waals surface area contributed by atoms with Gasteiger partial charge in [0.1, 0.15) is 5.75 Å². The zero-order valence-electron chi connectivity index (χ0n) is 12.6. The lowest BCUT2D eigenvalue weighted by molar-refractivity contribution is -0.125. The van der Waals surface area contributed by atoms with Crippen LogP contribution in [0.4, 0.5) is 0 Å². The number of methoxy groups -OCH3 is 1. The van der Waals surface area contributed by atoms with Crippen LogP contribution in [0.5, 0.6) is 5.75 Å². The summed E-state index contributed by atoms with van der Waals surface area (Å²) in [4.78, 5) is 12.0. The SMILES string of the molecule is CCC(C)C(=O)NC(c1ccc(OC)cc1)C(C)C. The van der Waals surface area contributed by atoms with Crippen molar-refractivity contribution in [2.45, 2.75) is 40.2 Å². The maximum Gasteiger partial charge on any atom is 0.223 e. The van der Waals surface area contributed by atoms with Crippen LogP contribution in [0.2, 0.25) is 0 Å². The molecule has 0 aliphatic heterocycles. The predicted molar refractivity (Wildman–Crippen MR) is 78.2 cm³/mol. The summed E-state index contributed by atoms with van der Waals surface area (Å²) >= 11 is 0. The predicted octanol–water partition coefficient (Wildman–Crippen LogP) is 3.55. The summed E-state index contributed by atoms with van der Waals surface area (Å²) in [6.45, 7) is 8.22. The summed E-state index contributed by atoms with van der Waals surface area (Å²) in [6.07, 6.45) is 0.860. The number of hydrogen-bond acceptors (Lipinski definition) is 2. The summed E-state index contributed by atoms with van der Waals surface area (Å²) in [5.74, 6) is 1.36. The molecule has 0 radical (unpaired) electrons. The van der Waals surface area contributed by atoms with Crippen molar-refractivity contribution in [1.82, 2.24) is 5.32 Å². The Kier molecular flexibility index (Phi) is 5.87. The minimum absolute atomic E-state index is 0.0485. The third kappa shape index (κ3) is 4.27. The van der Waals surface area contributed by atoms with E-state index in [2.05, 4.69) is 19.2 Å². The first kappa shape index (κ1) is 15.5. The highest BCUT2D eigenvalue weighted by Crippen LogP contribution is 2.24. The first-order valence-electron chi connectivity index (χ1n) is 6.93. The molecular formula is C16H25NO2. The van der Waals surface area contributed by atoms with Gasteiger partial charge in [0, 0.05) is 5.92 Å². The molecule has 19 heavy (non-hydrogen) atoms. The van der Waals surface area contributed by atoms with E-state index in [9.17, 15) is 4.79 Å². The molecule has 0 aliphatic carbocycles. The van der Waals surface area contributed by atoms with E-state index in [1.54, 1.807) is 7.11 Å². The highest BCUT2D eigenvalue weighted by molar-refractivity contribution is 5.78. The summed E-state index contributed by atoms with van der Waals surface area (Å²) in [7, 11) is 1.65. The van der Waals surface area contributed by atoms with Crippen LogP contribution in [-0.2, 0) is 4.79 Å². The van der Waals surface area contributed by atoms with Crippen LogP contribution in [0.25, 0.3) is 0 Å². The maximum absolute atomic E-state index is 12.0. The first-order chi connectivity index (χ1) is 8.99. The van der Waals surface area contributed by atoms with E-state index < -0.39 is 0 Å². The molecule has 0 heterocycles. The number of benzene rings is 1. The molecule has 1 amide bonds. The second-order valence-electron chi connectivity index (χ2n) is 5.31. The Bertz CT molecular complexity index is 398. The second kappa shape index (κ2) is 7.17. The van der Waals surface area contributed by atoms with Crippen molar-refractivity contribution in [2.24, 2.45) is 11.8 Å². The van der Waals surface area contributed by atoms with Crippen molar-refractivity contribution in [2.75, 3.05) is 7.11 Å². The standard InChI is InChI=1S/C16H25NO2/c1-6-12(4)16(18)17-15(11(2)3)13-7-9-14(19-5)10-8-13/h7-12,15H,6H2,1-5H3,(H,17,18). The van der Waals surface area contributed by atoms with Gasteiger partial charge < -0.3 is 10.1 Å². The smallest absolute Gasteiger partial charge is 0.223 e. The molecular weight excluding hydrogens is 238 g/mol. The maximum atomic E-state index is 12.0. The molecule has 2 unspecified atom stereocenters. The molecule has 0 fully saturated rings. The van der Waals surface area contributed by atoms with Crippen molar-refractivity contribution in [3.8, 4) is 5.75 Å². The van der Waals surface area contributed by atoms with Gasteiger partial charge in [0.15, 0.2) is 0 Å². The molecule has 1 aromatic rings. The van der Waals surface area contributed by atoms with E-state index in [1.807, 2.05) is 38.1 Å². The Labute approximate surface area is 116 Å². The van der Waals surface area contributed by atoms with E-state index in [1.165, 1.54) is 0 Å². The van der Waals surface area contributed by atoms with Crippen LogP contribution in [0, 0.1) is 11.8 Å². The van der Waals surface area contributed by atoms with Crippen molar-refractivity contribution in [3.63, 3.8) is 0 Å². The number of amides is 1. The van der Waals surface area contributed by atoms with Gasteiger partial charge in [-0.05, 0) is 30.0 Å². The number of carbonyl (C=O) groups excluding carboxylic acids is 1. The van der Waals surface area contributed by atoms with E-state index in [0.29, 0.717) is 5.92 Å². The van der Waals surface area contributed by atoms with Gasteiger partial charge in [0.2, 0.25) is 5.91 Å². The molecule has 0 aromatic heterocycles. The Morgan fingerprint density at radius 2 is 1.79 bits per heavy atom. The topological polar surface area (TPSA) is 38.3 Å². The van der Waals surface area contributed by atoms with E-state index >= 15 is 0 Å². The Balaban J connectivity index is 2.84. The van der Waals surface area contributed by atoms with Crippen LogP contribution in [0.1, 0.15) is 45.7 Å². The van der Waals surface area contributed by atoms with Gasteiger partial charge >= 0.3 is 0 Å². The quantitative estimate of drug-likeness (QED) is 0.852. The molecule has 1 rings (SSSR count). The molecule has 1 aromatic carbocycles. The minimum atomic E-state index is 0.0485. The third-order valence-corrected chi connectivity index (χ3v) is 3.50. The Morgan fingerprint density at radius 3 is 2.21 bits per heavy atom. The van der Waals surface area contributed by atoms with Crippen molar-refractivity contribution in [1.29, 1.82) is 0 Å². The number of ether oxygens (including phenoxy) is 1. The zero-order valence-corrected chi connectivity index (χ0v) is 12.6. The molecule has 2 atom stereocenters. The number of rotatable bonds is 6. The van der Waals surface area contributed by atoms with Gasteiger partial charge in [-0.15, -0.1) is 0 Å². The molecule has 1 N–H and O–H groups in total. The van der Waals surface area contributed by atoms with E-state index in [0.717, 1.165) is 17.7 Å². The van der Waals surface area contributed by atoms with Gasteiger partial charge in [-0.3, -0.25) is 4.79 Å². The van der Waals surface area contributed by atoms with Crippen molar-refractivity contribution < 1.29 is 9.53 Å². The number of hydrogen-bond donors (Lipinski definition) is 1. The molecule has 106 valence electrons. The molecule has 0 saturated carbocycles. The average molecular weight is 263 g/mol. The van der Waals surface area contributed by atoms with Gasteiger partial charge in [-0.25, -0.2) is 0 Å². The average Bonchev–Trinajstić information content (AvgIpc) is 2.43. The van der Waals surface area contributed by atoms with E-state index in [4.69, 9.17) is 4.74 Å². The van der Waals surface area contributed by atoms with Gasteiger partial charge in [0.25, 0.3) is 0 Å². The normalized spacial score (nSPS) is 14.0. The highest BCUT2D eigenvalue weighted by atomic mass is 16.5. The lowest BCUT2D eigenvalue weighted by Crippen LogP contribution is -2.35.